The summed E-state index contributed by atoms with van der Waals surface area (Å²) in [7, 11) is 0. The Morgan fingerprint density at radius 3 is 2.50 bits per heavy atom. The lowest BCUT2D eigenvalue weighted by atomic mass is 10.1. The largest absolute Gasteiger partial charge is 0.380 e. The van der Waals surface area contributed by atoms with Crippen molar-refractivity contribution in [3.05, 3.63) is 71.8 Å². The molecule has 0 fully saturated rings. The molecule has 7 nitrogen and oxygen atoms in total. The SMILES string of the molecule is NC(=O)c1cnc(Nc2ccncn2)cc1NCc1cc(F)cc(F)c1. The van der Waals surface area contributed by atoms with Crippen molar-refractivity contribution in [2.75, 3.05) is 10.6 Å². The minimum Gasteiger partial charge on any atom is -0.380 e. The van der Waals surface area contributed by atoms with E-state index in [4.69, 9.17) is 5.73 Å². The monoisotopic (exact) mass is 356 g/mol. The lowest BCUT2D eigenvalue weighted by Crippen LogP contribution is -2.15. The molecular weight excluding hydrogens is 342 g/mol. The van der Waals surface area contributed by atoms with Gasteiger partial charge in [0.05, 0.1) is 11.3 Å². The number of aromatic nitrogens is 3. The van der Waals surface area contributed by atoms with E-state index in [9.17, 15) is 13.6 Å². The first-order chi connectivity index (χ1) is 12.5. The van der Waals surface area contributed by atoms with E-state index < -0.39 is 17.5 Å². The van der Waals surface area contributed by atoms with Gasteiger partial charge in [-0.2, -0.15) is 0 Å². The zero-order valence-electron chi connectivity index (χ0n) is 13.4. The Balaban J connectivity index is 1.83. The van der Waals surface area contributed by atoms with Crippen LogP contribution in [0.5, 0.6) is 0 Å². The van der Waals surface area contributed by atoms with E-state index in [0.29, 0.717) is 22.9 Å². The molecule has 0 aliphatic rings. The smallest absolute Gasteiger partial charge is 0.252 e. The number of hydrogen-bond acceptors (Lipinski definition) is 6. The second-order valence-corrected chi connectivity index (χ2v) is 5.33. The highest BCUT2D eigenvalue weighted by Gasteiger charge is 2.11. The third-order valence-electron chi connectivity index (χ3n) is 3.41. The van der Waals surface area contributed by atoms with Crippen LogP contribution in [0.2, 0.25) is 0 Å². The predicted molar refractivity (Wildman–Crippen MR) is 91.8 cm³/mol. The third-order valence-corrected chi connectivity index (χ3v) is 3.41. The van der Waals surface area contributed by atoms with E-state index in [1.165, 1.54) is 24.7 Å². The number of benzene rings is 1. The van der Waals surface area contributed by atoms with Crippen LogP contribution in [0.3, 0.4) is 0 Å². The second kappa shape index (κ2) is 7.51. The molecule has 0 spiro atoms. The highest BCUT2D eigenvalue weighted by Crippen LogP contribution is 2.21. The van der Waals surface area contributed by atoms with Crippen LogP contribution in [-0.2, 0) is 6.54 Å². The number of hydrogen-bond donors (Lipinski definition) is 3. The van der Waals surface area contributed by atoms with Gasteiger partial charge in [0.1, 0.15) is 29.6 Å². The van der Waals surface area contributed by atoms with Gasteiger partial charge < -0.3 is 16.4 Å². The van der Waals surface area contributed by atoms with E-state index in [0.717, 1.165) is 6.07 Å². The Morgan fingerprint density at radius 1 is 1.08 bits per heavy atom. The van der Waals surface area contributed by atoms with E-state index in [1.54, 1.807) is 18.3 Å². The first-order valence-corrected chi connectivity index (χ1v) is 7.53. The summed E-state index contributed by atoms with van der Waals surface area (Å²) in [6, 6.07) is 6.38. The number of rotatable bonds is 6. The van der Waals surface area contributed by atoms with Crippen molar-refractivity contribution >= 4 is 23.2 Å². The Morgan fingerprint density at radius 2 is 1.85 bits per heavy atom. The summed E-state index contributed by atoms with van der Waals surface area (Å²) in [5.74, 6) is -1.13. The zero-order valence-corrected chi connectivity index (χ0v) is 13.4. The van der Waals surface area contributed by atoms with Crippen molar-refractivity contribution < 1.29 is 13.6 Å². The maximum absolute atomic E-state index is 13.3. The third kappa shape index (κ3) is 4.26. The van der Waals surface area contributed by atoms with Gasteiger partial charge in [-0.05, 0) is 23.8 Å². The summed E-state index contributed by atoms with van der Waals surface area (Å²) in [6.45, 7) is 0.0892. The molecular formula is C17H14F2N6O. The predicted octanol–water partition coefficient (Wildman–Crippen LogP) is 2.60. The first-order valence-electron chi connectivity index (χ1n) is 7.53. The van der Waals surface area contributed by atoms with Gasteiger partial charge in [-0.3, -0.25) is 4.79 Å². The minimum atomic E-state index is -0.683. The van der Waals surface area contributed by atoms with Gasteiger partial charge in [-0.1, -0.05) is 0 Å². The molecule has 0 aliphatic carbocycles. The van der Waals surface area contributed by atoms with Crippen molar-refractivity contribution in [2.45, 2.75) is 6.54 Å². The first kappa shape index (κ1) is 17.2. The molecule has 26 heavy (non-hydrogen) atoms. The molecule has 132 valence electrons. The highest BCUT2D eigenvalue weighted by atomic mass is 19.1. The molecule has 1 aromatic carbocycles. The van der Waals surface area contributed by atoms with Crippen molar-refractivity contribution in [3.8, 4) is 0 Å². The topological polar surface area (TPSA) is 106 Å². The number of carbonyl (C=O) groups is 1. The molecule has 0 aliphatic heterocycles. The minimum absolute atomic E-state index is 0.0892. The summed E-state index contributed by atoms with van der Waals surface area (Å²) in [5, 5.41) is 5.90. The number of carbonyl (C=O) groups excluding carboxylic acids is 1. The number of anilines is 3. The molecule has 1 amide bonds. The molecule has 0 unspecified atom stereocenters. The van der Waals surface area contributed by atoms with Crippen LogP contribution in [0.4, 0.5) is 26.1 Å². The number of pyridine rings is 1. The molecule has 2 heterocycles. The Bertz CT molecular complexity index is 916. The van der Waals surface area contributed by atoms with E-state index in [2.05, 4.69) is 25.6 Å². The van der Waals surface area contributed by atoms with Crippen LogP contribution in [0, 0.1) is 11.6 Å². The van der Waals surface area contributed by atoms with Gasteiger partial charge in [-0.15, -0.1) is 0 Å². The number of nitrogens with two attached hydrogens (primary N) is 1. The average Bonchev–Trinajstić information content (AvgIpc) is 2.60. The van der Waals surface area contributed by atoms with Crippen molar-refractivity contribution in [1.82, 2.24) is 15.0 Å². The lowest BCUT2D eigenvalue weighted by molar-refractivity contribution is 0.100. The van der Waals surface area contributed by atoms with E-state index >= 15 is 0 Å². The van der Waals surface area contributed by atoms with E-state index in [-0.39, 0.29) is 12.1 Å². The lowest BCUT2D eigenvalue weighted by Gasteiger charge is -2.12. The van der Waals surface area contributed by atoms with E-state index in [1.807, 2.05) is 0 Å². The fraction of sp³-hybridized carbons (Fsp3) is 0.0588. The Labute approximate surface area is 147 Å². The number of nitrogens with one attached hydrogen (secondary N) is 2. The second-order valence-electron chi connectivity index (χ2n) is 5.33. The van der Waals surface area contributed by atoms with Gasteiger partial charge in [-0.25, -0.2) is 23.7 Å². The highest BCUT2D eigenvalue weighted by molar-refractivity contribution is 5.98. The normalized spacial score (nSPS) is 10.4. The van der Waals surface area contributed by atoms with Gasteiger partial charge in [0.15, 0.2) is 0 Å². The Hall–Kier alpha value is -3.62. The fourth-order valence-corrected chi connectivity index (χ4v) is 2.27. The van der Waals surface area contributed by atoms with Crippen LogP contribution in [0.1, 0.15) is 15.9 Å². The number of halogens is 2. The molecule has 0 atom stereocenters. The fourth-order valence-electron chi connectivity index (χ4n) is 2.27. The van der Waals surface area contributed by atoms with Crippen LogP contribution in [0.15, 0.2) is 49.1 Å². The molecule has 0 saturated heterocycles. The zero-order chi connectivity index (χ0) is 18.5. The summed E-state index contributed by atoms with van der Waals surface area (Å²) >= 11 is 0. The molecule has 9 heteroatoms. The standard InChI is InChI=1S/C17H14F2N6O/c18-11-3-10(4-12(19)5-11)7-22-14-6-16(23-8-13(14)17(20)26)25-15-1-2-21-9-24-15/h1-6,8-9H,7H2,(H2,20,26)(H2,21,22,23,24,25). The number of nitrogens with zero attached hydrogens (tertiary/aromatic N) is 3. The Kier molecular flexibility index (Phi) is 4.97. The maximum Gasteiger partial charge on any atom is 0.252 e. The van der Waals surface area contributed by atoms with Crippen LogP contribution in [-0.4, -0.2) is 20.9 Å². The molecule has 3 rings (SSSR count). The van der Waals surface area contributed by atoms with Gasteiger partial charge >= 0.3 is 0 Å². The molecule has 2 aromatic heterocycles. The summed E-state index contributed by atoms with van der Waals surface area (Å²) < 4.78 is 26.6. The summed E-state index contributed by atoms with van der Waals surface area (Å²) in [5.41, 5.74) is 6.25. The van der Waals surface area contributed by atoms with Crippen LogP contribution >= 0.6 is 0 Å². The molecule has 0 saturated carbocycles. The summed E-state index contributed by atoms with van der Waals surface area (Å²) in [6.07, 6.45) is 4.24. The van der Waals surface area contributed by atoms with Gasteiger partial charge in [0, 0.05) is 31.1 Å². The van der Waals surface area contributed by atoms with Crippen molar-refractivity contribution in [2.24, 2.45) is 5.73 Å². The van der Waals surface area contributed by atoms with Crippen molar-refractivity contribution in [3.63, 3.8) is 0 Å². The summed E-state index contributed by atoms with van der Waals surface area (Å²) in [4.78, 5) is 23.5. The van der Waals surface area contributed by atoms with Crippen molar-refractivity contribution in [1.29, 1.82) is 0 Å². The van der Waals surface area contributed by atoms with Crippen LogP contribution < -0.4 is 16.4 Å². The van der Waals surface area contributed by atoms with Crippen LogP contribution in [0.25, 0.3) is 0 Å². The molecule has 0 radical (unpaired) electrons. The number of amides is 1. The van der Waals surface area contributed by atoms with Gasteiger partial charge in [0.25, 0.3) is 5.91 Å². The molecule has 0 bridgehead atoms. The molecule has 4 N–H and O–H groups in total. The molecule has 3 aromatic rings. The average molecular weight is 356 g/mol. The van der Waals surface area contributed by atoms with Gasteiger partial charge in [0.2, 0.25) is 0 Å². The maximum atomic E-state index is 13.3. The quantitative estimate of drug-likeness (QED) is 0.627. The number of primary amides is 1.